The van der Waals surface area contributed by atoms with Crippen LogP contribution in [0.25, 0.3) is 5.76 Å². The van der Waals surface area contributed by atoms with Crippen LogP contribution in [-0.4, -0.2) is 34.8 Å². The Hall–Kier alpha value is -3.80. The third kappa shape index (κ3) is 4.17. The van der Waals surface area contributed by atoms with Crippen LogP contribution in [0.3, 0.4) is 0 Å². The van der Waals surface area contributed by atoms with E-state index in [2.05, 4.69) is 0 Å². The Morgan fingerprint density at radius 2 is 1.75 bits per heavy atom. The number of furan rings is 1. The van der Waals surface area contributed by atoms with E-state index >= 15 is 0 Å². The molecule has 0 radical (unpaired) electrons. The van der Waals surface area contributed by atoms with Gasteiger partial charge in [-0.3, -0.25) is 9.59 Å². The Morgan fingerprint density at radius 3 is 2.38 bits per heavy atom. The molecule has 2 heterocycles. The minimum atomic E-state index is -0.793. The van der Waals surface area contributed by atoms with E-state index in [-0.39, 0.29) is 11.3 Å². The van der Waals surface area contributed by atoms with Crippen molar-refractivity contribution in [2.24, 2.45) is 0 Å². The Bertz CT molecular complexity index is 1140. The Kier molecular flexibility index (Phi) is 6.12. The van der Waals surface area contributed by atoms with Crippen molar-refractivity contribution in [3.63, 3.8) is 0 Å². The first-order valence-electron chi connectivity index (χ1n) is 10.6. The van der Waals surface area contributed by atoms with E-state index in [1.165, 1.54) is 4.90 Å². The minimum absolute atomic E-state index is 0.0292. The number of hydrogen-bond donors (Lipinski definition) is 1. The summed E-state index contributed by atoms with van der Waals surface area (Å²) in [6, 6.07) is 19.3. The monoisotopic (exact) mass is 431 g/mol. The lowest BCUT2D eigenvalue weighted by Gasteiger charge is -2.23. The number of ether oxygens (including phenoxy) is 1. The van der Waals surface area contributed by atoms with Crippen molar-refractivity contribution in [1.29, 1.82) is 0 Å². The van der Waals surface area contributed by atoms with Gasteiger partial charge in [-0.1, -0.05) is 30.3 Å². The maximum atomic E-state index is 13.0. The number of ketones is 1. The van der Waals surface area contributed by atoms with Crippen molar-refractivity contribution in [3.05, 3.63) is 95.0 Å². The fourth-order valence-corrected chi connectivity index (χ4v) is 3.93. The molecular weight excluding hydrogens is 406 g/mol. The number of benzene rings is 2. The Labute approximate surface area is 186 Å². The van der Waals surface area contributed by atoms with Crippen molar-refractivity contribution in [1.82, 2.24) is 4.90 Å². The lowest BCUT2D eigenvalue weighted by Crippen LogP contribution is -2.31. The van der Waals surface area contributed by atoms with E-state index in [1.54, 1.807) is 43.3 Å². The molecule has 1 aliphatic heterocycles. The molecule has 3 aromatic rings. The van der Waals surface area contributed by atoms with Gasteiger partial charge in [0.05, 0.1) is 12.2 Å². The van der Waals surface area contributed by atoms with Crippen LogP contribution in [0.1, 0.15) is 35.6 Å². The largest absolute Gasteiger partial charge is 0.507 e. The van der Waals surface area contributed by atoms with Gasteiger partial charge in [0.25, 0.3) is 11.7 Å². The maximum absolute atomic E-state index is 13.0. The van der Waals surface area contributed by atoms with Crippen molar-refractivity contribution in [2.75, 3.05) is 13.2 Å². The third-order valence-electron chi connectivity index (χ3n) is 5.49. The predicted octanol–water partition coefficient (Wildman–Crippen LogP) is 4.65. The second-order valence-electron chi connectivity index (χ2n) is 7.63. The van der Waals surface area contributed by atoms with E-state index in [4.69, 9.17) is 9.15 Å². The molecule has 0 aliphatic carbocycles. The number of carbonyl (C=O) groups excluding carboxylic acids is 2. The van der Waals surface area contributed by atoms with Gasteiger partial charge in [0.1, 0.15) is 29.1 Å². The summed E-state index contributed by atoms with van der Waals surface area (Å²) in [5.41, 5.74) is 1.51. The number of Topliss-reactive ketones (excluding diaryl/α,β-unsaturated/α-hetero) is 1. The normalized spacial score (nSPS) is 17.7. The summed E-state index contributed by atoms with van der Waals surface area (Å²) in [6.07, 6.45) is 0.577. The molecule has 1 amide bonds. The fourth-order valence-electron chi connectivity index (χ4n) is 3.93. The Morgan fingerprint density at radius 1 is 1.03 bits per heavy atom. The smallest absolute Gasteiger partial charge is 0.295 e. The highest BCUT2D eigenvalue weighted by atomic mass is 16.5. The van der Waals surface area contributed by atoms with Gasteiger partial charge in [-0.15, -0.1) is 0 Å². The first-order chi connectivity index (χ1) is 15.5. The topological polar surface area (TPSA) is 80.0 Å². The van der Waals surface area contributed by atoms with E-state index in [0.29, 0.717) is 42.4 Å². The highest BCUT2D eigenvalue weighted by Crippen LogP contribution is 2.40. The van der Waals surface area contributed by atoms with Crippen LogP contribution < -0.4 is 4.74 Å². The second-order valence-corrected chi connectivity index (χ2v) is 7.63. The third-order valence-corrected chi connectivity index (χ3v) is 5.49. The summed E-state index contributed by atoms with van der Waals surface area (Å²) >= 11 is 0. The van der Waals surface area contributed by atoms with Crippen LogP contribution in [0.2, 0.25) is 0 Å². The summed E-state index contributed by atoms with van der Waals surface area (Å²) in [5.74, 6) is 0.172. The second kappa shape index (κ2) is 9.14. The van der Waals surface area contributed by atoms with Gasteiger partial charge >= 0.3 is 0 Å². The summed E-state index contributed by atoms with van der Waals surface area (Å²) < 4.78 is 11.2. The van der Waals surface area contributed by atoms with Gasteiger partial charge in [0.2, 0.25) is 0 Å². The molecular formula is C26H25NO5. The van der Waals surface area contributed by atoms with Gasteiger partial charge < -0.3 is 19.2 Å². The van der Waals surface area contributed by atoms with Crippen LogP contribution in [0, 0.1) is 6.92 Å². The molecule has 0 saturated carbocycles. The molecule has 0 bridgehead atoms. The number of carbonyl (C=O) groups is 2. The highest BCUT2D eigenvalue weighted by Gasteiger charge is 2.47. The van der Waals surface area contributed by atoms with E-state index < -0.39 is 17.7 Å². The molecule has 0 spiro atoms. The molecule has 1 fully saturated rings. The molecule has 1 unspecified atom stereocenters. The Balaban J connectivity index is 1.73. The van der Waals surface area contributed by atoms with Crippen LogP contribution in [0.15, 0.2) is 76.7 Å². The predicted molar refractivity (Wildman–Crippen MR) is 120 cm³/mol. The molecule has 2 aromatic carbocycles. The number of aryl methyl sites for hydroxylation is 1. The van der Waals surface area contributed by atoms with Gasteiger partial charge in [0.15, 0.2) is 0 Å². The molecule has 4 rings (SSSR count). The van der Waals surface area contributed by atoms with E-state index in [0.717, 1.165) is 5.56 Å². The zero-order valence-electron chi connectivity index (χ0n) is 18.1. The molecule has 6 nitrogen and oxygen atoms in total. The number of likely N-dealkylation sites (tertiary alicyclic amines) is 1. The number of aliphatic hydroxyl groups excluding tert-OH is 1. The lowest BCUT2D eigenvalue weighted by atomic mass is 9.99. The summed E-state index contributed by atoms with van der Waals surface area (Å²) in [7, 11) is 0. The average molecular weight is 431 g/mol. The zero-order chi connectivity index (χ0) is 22.7. The number of rotatable bonds is 7. The van der Waals surface area contributed by atoms with Crippen LogP contribution in [0.4, 0.5) is 0 Å². The molecule has 6 heteroatoms. The maximum Gasteiger partial charge on any atom is 0.295 e. The summed E-state index contributed by atoms with van der Waals surface area (Å²) in [5, 5.41) is 11.1. The first kappa shape index (κ1) is 21.4. The van der Waals surface area contributed by atoms with Crippen LogP contribution in [-0.2, 0) is 16.0 Å². The molecule has 1 atom stereocenters. The number of aliphatic hydroxyl groups is 1. The van der Waals surface area contributed by atoms with E-state index in [9.17, 15) is 14.7 Å². The van der Waals surface area contributed by atoms with Crippen molar-refractivity contribution in [3.8, 4) is 5.75 Å². The summed E-state index contributed by atoms with van der Waals surface area (Å²) in [6.45, 7) is 4.52. The molecule has 1 N–H and O–H groups in total. The molecule has 32 heavy (non-hydrogen) atoms. The average Bonchev–Trinajstić information content (AvgIpc) is 3.34. The first-order valence-corrected chi connectivity index (χ1v) is 10.6. The van der Waals surface area contributed by atoms with E-state index in [1.807, 2.05) is 37.3 Å². The zero-order valence-corrected chi connectivity index (χ0v) is 18.1. The van der Waals surface area contributed by atoms with Crippen LogP contribution in [0.5, 0.6) is 5.75 Å². The quantitative estimate of drug-likeness (QED) is 0.335. The van der Waals surface area contributed by atoms with Gasteiger partial charge in [-0.05, 0) is 62.2 Å². The molecule has 164 valence electrons. The fraction of sp³-hybridized carbons (Fsp3) is 0.231. The van der Waals surface area contributed by atoms with Gasteiger partial charge in [-0.25, -0.2) is 0 Å². The highest BCUT2D eigenvalue weighted by molar-refractivity contribution is 6.46. The number of amides is 1. The SMILES string of the molecule is CCOc1ccc(C(O)=C2C(=O)C(=O)N(CCc3ccccc3)C2c2ccc(C)o2)cc1. The molecule has 1 aromatic heterocycles. The standard InChI is InChI=1S/C26H25NO5/c1-3-31-20-12-10-19(11-13-20)24(28)22-23(21-14-9-17(2)32-21)27(26(30)25(22)29)16-15-18-7-5-4-6-8-18/h4-14,23,28H,3,15-16H2,1-2H3. The van der Waals surface area contributed by atoms with Crippen molar-refractivity contribution < 1.29 is 23.8 Å². The summed E-state index contributed by atoms with van der Waals surface area (Å²) in [4.78, 5) is 27.5. The number of hydrogen-bond acceptors (Lipinski definition) is 5. The molecule has 1 saturated heterocycles. The molecule has 1 aliphatic rings. The van der Waals surface area contributed by atoms with Gasteiger partial charge in [0, 0.05) is 12.1 Å². The minimum Gasteiger partial charge on any atom is -0.507 e. The lowest BCUT2D eigenvalue weighted by molar-refractivity contribution is -0.140. The number of nitrogens with zero attached hydrogens (tertiary/aromatic N) is 1. The van der Waals surface area contributed by atoms with Crippen LogP contribution >= 0.6 is 0 Å². The van der Waals surface area contributed by atoms with Crippen molar-refractivity contribution in [2.45, 2.75) is 26.3 Å². The van der Waals surface area contributed by atoms with Gasteiger partial charge in [-0.2, -0.15) is 0 Å². The van der Waals surface area contributed by atoms with Crippen molar-refractivity contribution >= 4 is 17.4 Å².